The van der Waals surface area contributed by atoms with Crippen molar-refractivity contribution in [3.8, 4) is 77.9 Å². The highest BCUT2D eigenvalue weighted by molar-refractivity contribution is 6.13. The summed E-state index contributed by atoms with van der Waals surface area (Å²) in [6, 6.07) is 92.7. The zero-order valence-corrected chi connectivity index (χ0v) is 36.3. The first-order valence-corrected chi connectivity index (χ1v) is 22.5. The maximum atomic E-state index is 5.33. The van der Waals surface area contributed by atoms with Crippen molar-refractivity contribution in [1.29, 1.82) is 0 Å². The predicted molar refractivity (Wildman–Crippen MR) is 276 cm³/mol. The first-order valence-electron chi connectivity index (χ1n) is 22.5. The van der Waals surface area contributed by atoms with E-state index in [0.717, 1.165) is 50.3 Å². The van der Waals surface area contributed by atoms with E-state index in [2.05, 4.69) is 266 Å². The van der Waals surface area contributed by atoms with Crippen LogP contribution in [0.3, 0.4) is 0 Å². The van der Waals surface area contributed by atoms with Crippen LogP contribution < -0.4 is 5.32 Å². The average molecular weight is 844 g/mol. The van der Waals surface area contributed by atoms with Crippen LogP contribution in [0.1, 0.15) is 22.9 Å². The third kappa shape index (κ3) is 8.66. The molecule has 66 heavy (non-hydrogen) atoms. The molecule has 0 amide bonds. The van der Waals surface area contributed by atoms with Gasteiger partial charge in [0.25, 0.3) is 0 Å². The summed E-state index contributed by atoms with van der Waals surface area (Å²) in [5.74, 6) is 1.45. The lowest BCUT2D eigenvalue weighted by molar-refractivity contribution is 0.674. The quantitative estimate of drug-likeness (QED) is 0.146. The summed E-state index contributed by atoms with van der Waals surface area (Å²) in [4.78, 5) is 10.6. The molecular formula is C63H45N3. The smallest absolute Gasteiger partial charge is 0.159 e. The molecular weight excluding hydrogens is 799 g/mol. The van der Waals surface area contributed by atoms with E-state index in [0.29, 0.717) is 5.84 Å². The number of benzene rings is 10. The molecule has 1 atom stereocenters. The minimum Gasteiger partial charge on any atom is -0.344 e. The number of nitrogens with zero attached hydrogens (tertiary/aromatic N) is 2. The van der Waals surface area contributed by atoms with Crippen molar-refractivity contribution in [3.63, 3.8) is 0 Å². The van der Waals surface area contributed by atoms with Gasteiger partial charge in [-0.05, 0) is 120 Å². The first-order chi connectivity index (χ1) is 32.7. The summed E-state index contributed by atoms with van der Waals surface area (Å²) < 4.78 is 0. The second-order valence-corrected chi connectivity index (χ2v) is 16.7. The highest BCUT2D eigenvalue weighted by Gasteiger charge is 2.22. The van der Waals surface area contributed by atoms with Crippen LogP contribution in [0.15, 0.2) is 271 Å². The molecule has 312 valence electrons. The molecule has 1 aliphatic rings. The molecule has 0 bridgehead atoms. The maximum absolute atomic E-state index is 5.33. The number of nitrogens with one attached hydrogen (secondary N) is 1. The number of hydrogen-bond donors (Lipinski definition) is 1. The van der Waals surface area contributed by atoms with E-state index >= 15 is 0 Å². The third-order valence-electron chi connectivity index (χ3n) is 12.3. The van der Waals surface area contributed by atoms with Gasteiger partial charge in [0.05, 0.1) is 0 Å². The summed E-state index contributed by atoms with van der Waals surface area (Å²) >= 11 is 0. The molecule has 10 aromatic rings. The Labute approximate surface area is 386 Å². The standard InChI is InChI=1S/C63H45N3/c1-4-16-44(17-5-1)49-22-10-25-52(38-49)47-34-36-48(37-35-47)61-64-62(59-32-14-30-57(42-59)54-27-12-24-51(40-54)46-20-8-3-9-21-46)66-63(65-61)60-33-15-31-58(43-60)56-29-13-28-55(41-56)53-26-11-23-50(39-53)45-18-6-2-7-19-45/h1-43,61H,(H,64,65,66). The minimum atomic E-state index is -0.369. The summed E-state index contributed by atoms with van der Waals surface area (Å²) in [6.45, 7) is 0. The van der Waals surface area contributed by atoms with Gasteiger partial charge in [-0.1, -0.05) is 224 Å². The van der Waals surface area contributed by atoms with E-state index in [9.17, 15) is 0 Å². The van der Waals surface area contributed by atoms with Gasteiger partial charge in [0, 0.05) is 11.1 Å². The van der Waals surface area contributed by atoms with E-state index in [1.165, 1.54) is 50.1 Å². The van der Waals surface area contributed by atoms with Crippen molar-refractivity contribution in [2.45, 2.75) is 6.17 Å². The predicted octanol–water partition coefficient (Wildman–Crippen LogP) is 15.9. The van der Waals surface area contributed by atoms with Crippen molar-refractivity contribution in [1.82, 2.24) is 5.32 Å². The van der Waals surface area contributed by atoms with Crippen LogP contribution in [0, 0.1) is 0 Å². The van der Waals surface area contributed by atoms with Gasteiger partial charge < -0.3 is 5.32 Å². The molecule has 3 heteroatoms. The summed E-state index contributed by atoms with van der Waals surface area (Å²) in [5.41, 5.74) is 19.3. The molecule has 10 aromatic carbocycles. The Morgan fingerprint density at radius 3 is 0.894 bits per heavy atom. The topological polar surface area (TPSA) is 36.8 Å². The van der Waals surface area contributed by atoms with Gasteiger partial charge in [-0.2, -0.15) is 0 Å². The minimum absolute atomic E-state index is 0.369. The molecule has 1 N–H and O–H groups in total. The average Bonchev–Trinajstić information content (AvgIpc) is 3.42. The second-order valence-electron chi connectivity index (χ2n) is 16.7. The Hall–Kier alpha value is -8.66. The molecule has 1 unspecified atom stereocenters. The van der Waals surface area contributed by atoms with E-state index in [1.807, 2.05) is 0 Å². The van der Waals surface area contributed by atoms with Gasteiger partial charge >= 0.3 is 0 Å². The molecule has 0 saturated carbocycles. The molecule has 11 rings (SSSR count). The Kier molecular flexibility index (Phi) is 11.1. The lowest BCUT2D eigenvalue weighted by Crippen LogP contribution is -2.33. The van der Waals surface area contributed by atoms with E-state index in [4.69, 9.17) is 9.98 Å². The fourth-order valence-electron chi connectivity index (χ4n) is 8.84. The molecule has 0 spiro atoms. The van der Waals surface area contributed by atoms with Crippen molar-refractivity contribution in [3.05, 3.63) is 278 Å². The van der Waals surface area contributed by atoms with E-state index in [1.54, 1.807) is 0 Å². The lowest BCUT2D eigenvalue weighted by Gasteiger charge is -2.24. The monoisotopic (exact) mass is 843 g/mol. The normalized spacial score (nSPS) is 13.3. The van der Waals surface area contributed by atoms with Gasteiger partial charge in [0.2, 0.25) is 0 Å². The van der Waals surface area contributed by atoms with Crippen LogP contribution in [-0.2, 0) is 0 Å². The van der Waals surface area contributed by atoms with Crippen LogP contribution in [0.25, 0.3) is 77.9 Å². The van der Waals surface area contributed by atoms with Gasteiger partial charge in [0.15, 0.2) is 5.84 Å². The molecule has 1 aliphatic heterocycles. The zero-order chi connectivity index (χ0) is 44.1. The highest BCUT2D eigenvalue weighted by Crippen LogP contribution is 2.33. The molecule has 0 saturated heterocycles. The molecule has 0 aromatic heterocycles. The fraction of sp³-hybridized carbons (Fsp3) is 0.0159. The lowest BCUT2D eigenvalue weighted by atomic mass is 9.95. The molecule has 0 radical (unpaired) electrons. The Morgan fingerprint density at radius 2 is 0.515 bits per heavy atom. The number of hydrogen-bond acceptors (Lipinski definition) is 3. The van der Waals surface area contributed by atoms with Crippen LogP contribution in [-0.4, -0.2) is 11.7 Å². The Balaban J connectivity index is 0.943. The van der Waals surface area contributed by atoms with E-state index in [-0.39, 0.29) is 6.17 Å². The number of aliphatic imine (C=N–C) groups is 2. The van der Waals surface area contributed by atoms with Gasteiger partial charge in [-0.3, -0.25) is 0 Å². The molecule has 3 nitrogen and oxygen atoms in total. The van der Waals surface area contributed by atoms with Crippen LogP contribution in [0.5, 0.6) is 0 Å². The van der Waals surface area contributed by atoms with E-state index < -0.39 is 0 Å². The molecule has 0 fully saturated rings. The summed E-state index contributed by atoms with van der Waals surface area (Å²) in [7, 11) is 0. The summed E-state index contributed by atoms with van der Waals surface area (Å²) in [5, 5.41) is 3.75. The molecule has 1 heterocycles. The number of rotatable bonds is 10. The third-order valence-corrected chi connectivity index (χ3v) is 12.3. The van der Waals surface area contributed by atoms with Crippen LogP contribution in [0.4, 0.5) is 0 Å². The fourth-order valence-corrected chi connectivity index (χ4v) is 8.84. The van der Waals surface area contributed by atoms with Crippen molar-refractivity contribution in [2.75, 3.05) is 0 Å². The van der Waals surface area contributed by atoms with Crippen LogP contribution in [0.2, 0.25) is 0 Å². The van der Waals surface area contributed by atoms with Crippen molar-refractivity contribution in [2.24, 2.45) is 9.98 Å². The largest absolute Gasteiger partial charge is 0.344 e. The van der Waals surface area contributed by atoms with Crippen molar-refractivity contribution >= 4 is 11.7 Å². The maximum Gasteiger partial charge on any atom is 0.159 e. The Bertz CT molecular complexity index is 3370. The summed E-state index contributed by atoms with van der Waals surface area (Å²) in [6.07, 6.45) is -0.369. The van der Waals surface area contributed by atoms with Gasteiger partial charge in [0.1, 0.15) is 12.0 Å². The second kappa shape index (κ2) is 18.2. The first kappa shape index (κ1) is 40.1. The number of amidine groups is 2. The Morgan fingerprint density at radius 1 is 0.242 bits per heavy atom. The zero-order valence-electron chi connectivity index (χ0n) is 36.3. The van der Waals surface area contributed by atoms with Gasteiger partial charge in [-0.25, -0.2) is 9.98 Å². The van der Waals surface area contributed by atoms with Gasteiger partial charge in [-0.15, -0.1) is 0 Å². The van der Waals surface area contributed by atoms with Crippen molar-refractivity contribution < 1.29 is 0 Å². The SMILES string of the molecule is c1ccc(-c2cccc(-c3ccc(C4N=C(c5cccc(-c6cccc(-c7ccccc7)c6)c5)N=C(c5cccc(-c6cccc(-c7cccc(-c8ccccc8)c7)c6)c5)N4)cc3)c2)cc1. The molecule has 0 aliphatic carbocycles. The highest BCUT2D eigenvalue weighted by atomic mass is 15.2. The van der Waals surface area contributed by atoms with Crippen LogP contribution >= 0.6 is 0 Å².